The van der Waals surface area contributed by atoms with Crippen LogP contribution >= 0.6 is 0 Å². The standard InChI is InChI=1S/C20H25N3O2/c1-14-3-5-16(6-4-14)13-23-15(2)11-19(18(12-21)20(23)24)22-17-7-9-25-10-8-17/h3-6,11-12,17,21-22H,7-10,13H2,1-2H3. The van der Waals surface area contributed by atoms with Gasteiger partial charge in [-0.25, -0.2) is 0 Å². The van der Waals surface area contributed by atoms with Gasteiger partial charge in [-0.2, -0.15) is 0 Å². The summed E-state index contributed by atoms with van der Waals surface area (Å²) in [5, 5.41) is 11.2. The van der Waals surface area contributed by atoms with Crippen molar-refractivity contribution in [3.8, 4) is 0 Å². The highest BCUT2D eigenvalue weighted by molar-refractivity contribution is 5.85. The number of aryl methyl sites for hydroxylation is 2. The molecule has 1 aliphatic rings. The third kappa shape index (κ3) is 3.99. The molecule has 3 rings (SSSR count). The van der Waals surface area contributed by atoms with E-state index in [1.165, 1.54) is 5.56 Å². The smallest absolute Gasteiger partial charge is 0.261 e. The second-order valence-corrected chi connectivity index (χ2v) is 6.67. The Morgan fingerprint density at radius 2 is 1.92 bits per heavy atom. The van der Waals surface area contributed by atoms with Gasteiger partial charge in [0, 0.05) is 31.2 Å². The fraction of sp³-hybridized carbons (Fsp3) is 0.400. The fourth-order valence-corrected chi connectivity index (χ4v) is 3.18. The van der Waals surface area contributed by atoms with Crippen molar-refractivity contribution in [2.45, 2.75) is 39.3 Å². The molecule has 0 unspecified atom stereocenters. The molecule has 132 valence electrons. The Morgan fingerprint density at radius 3 is 2.56 bits per heavy atom. The predicted molar refractivity (Wildman–Crippen MR) is 101 cm³/mol. The lowest BCUT2D eigenvalue weighted by Gasteiger charge is -2.25. The van der Waals surface area contributed by atoms with Gasteiger partial charge in [0.05, 0.1) is 17.8 Å². The van der Waals surface area contributed by atoms with Crippen LogP contribution in [0.2, 0.25) is 0 Å². The van der Waals surface area contributed by atoms with Crippen molar-refractivity contribution in [1.29, 1.82) is 5.41 Å². The summed E-state index contributed by atoms with van der Waals surface area (Å²) in [7, 11) is 0. The van der Waals surface area contributed by atoms with Crippen LogP contribution in [0.15, 0.2) is 35.1 Å². The first kappa shape index (κ1) is 17.4. The molecule has 2 aromatic rings. The highest BCUT2D eigenvalue weighted by atomic mass is 16.5. The van der Waals surface area contributed by atoms with Gasteiger partial charge in [0.2, 0.25) is 0 Å². The Balaban J connectivity index is 1.91. The Kier molecular flexibility index (Phi) is 5.34. The maximum absolute atomic E-state index is 12.9. The van der Waals surface area contributed by atoms with Gasteiger partial charge in [-0.3, -0.25) is 4.79 Å². The second kappa shape index (κ2) is 7.66. The van der Waals surface area contributed by atoms with E-state index in [0.717, 1.165) is 49.2 Å². The van der Waals surface area contributed by atoms with Gasteiger partial charge < -0.3 is 20.0 Å². The van der Waals surface area contributed by atoms with Gasteiger partial charge in [-0.05, 0) is 38.3 Å². The number of hydrogen-bond donors (Lipinski definition) is 2. The van der Waals surface area contributed by atoms with Crippen LogP contribution in [0.5, 0.6) is 0 Å². The molecule has 1 aliphatic heterocycles. The maximum Gasteiger partial charge on any atom is 0.261 e. The Morgan fingerprint density at radius 1 is 1.24 bits per heavy atom. The highest BCUT2D eigenvalue weighted by Crippen LogP contribution is 2.18. The summed E-state index contributed by atoms with van der Waals surface area (Å²) in [6.07, 6.45) is 3.00. The van der Waals surface area contributed by atoms with Crippen LogP contribution in [0.1, 0.15) is 35.2 Å². The molecule has 1 aromatic carbocycles. The first-order chi connectivity index (χ1) is 12.1. The number of anilines is 1. The fourth-order valence-electron chi connectivity index (χ4n) is 3.18. The minimum atomic E-state index is -0.120. The molecule has 5 nitrogen and oxygen atoms in total. The number of benzene rings is 1. The summed E-state index contributed by atoms with van der Waals surface area (Å²) in [4.78, 5) is 12.9. The quantitative estimate of drug-likeness (QED) is 0.823. The number of pyridine rings is 1. The molecule has 0 aliphatic carbocycles. The Bertz CT molecular complexity index is 803. The van der Waals surface area contributed by atoms with Crippen molar-refractivity contribution in [3.63, 3.8) is 0 Å². The normalized spacial score (nSPS) is 15.1. The van der Waals surface area contributed by atoms with Gasteiger partial charge in [0.25, 0.3) is 5.56 Å². The molecule has 2 N–H and O–H groups in total. The number of aromatic nitrogens is 1. The van der Waals surface area contributed by atoms with Gasteiger partial charge in [0.1, 0.15) is 0 Å². The van der Waals surface area contributed by atoms with E-state index in [9.17, 15) is 4.79 Å². The predicted octanol–water partition coefficient (Wildman–Crippen LogP) is 3.10. The van der Waals surface area contributed by atoms with E-state index in [4.69, 9.17) is 10.1 Å². The zero-order chi connectivity index (χ0) is 17.8. The summed E-state index contributed by atoms with van der Waals surface area (Å²) >= 11 is 0. The van der Waals surface area contributed by atoms with E-state index in [1.54, 1.807) is 4.57 Å². The van der Waals surface area contributed by atoms with Gasteiger partial charge >= 0.3 is 0 Å². The minimum absolute atomic E-state index is 0.120. The number of nitrogens with zero attached hydrogens (tertiary/aromatic N) is 1. The van der Waals surface area contributed by atoms with Crippen LogP contribution in [0.4, 0.5) is 5.69 Å². The van der Waals surface area contributed by atoms with E-state index >= 15 is 0 Å². The summed E-state index contributed by atoms with van der Waals surface area (Å²) in [6, 6.07) is 10.5. The Hall–Kier alpha value is -2.40. The number of nitrogens with one attached hydrogen (secondary N) is 2. The average Bonchev–Trinajstić information content (AvgIpc) is 2.61. The van der Waals surface area contributed by atoms with Crippen molar-refractivity contribution in [3.05, 3.63) is 63.1 Å². The molecule has 5 heteroatoms. The number of rotatable bonds is 5. The summed E-state index contributed by atoms with van der Waals surface area (Å²) < 4.78 is 7.12. The molecule has 0 amide bonds. The monoisotopic (exact) mass is 339 g/mol. The molecular formula is C20H25N3O2. The lowest BCUT2D eigenvalue weighted by atomic mass is 10.1. The lowest BCUT2D eigenvalue weighted by molar-refractivity contribution is 0.0904. The lowest BCUT2D eigenvalue weighted by Crippen LogP contribution is -2.32. The van der Waals surface area contributed by atoms with Crippen LogP contribution in [0, 0.1) is 19.3 Å². The SMILES string of the molecule is Cc1ccc(Cn2c(C)cc(NC3CCOCC3)c(C=N)c2=O)cc1. The minimum Gasteiger partial charge on any atom is -0.381 e. The molecule has 0 atom stereocenters. The topological polar surface area (TPSA) is 67.1 Å². The van der Waals surface area contributed by atoms with E-state index in [0.29, 0.717) is 18.2 Å². The van der Waals surface area contributed by atoms with Crippen LogP contribution in [-0.4, -0.2) is 30.0 Å². The molecule has 0 spiro atoms. The molecule has 1 saturated heterocycles. The van der Waals surface area contributed by atoms with Gasteiger partial charge in [-0.15, -0.1) is 0 Å². The van der Waals surface area contributed by atoms with Crippen molar-refractivity contribution in [2.24, 2.45) is 0 Å². The van der Waals surface area contributed by atoms with E-state index in [-0.39, 0.29) is 5.56 Å². The summed E-state index contributed by atoms with van der Waals surface area (Å²) in [6.45, 7) is 5.98. The highest BCUT2D eigenvalue weighted by Gasteiger charge is 2.17. The Labute approximate surface area is 148 Å². The van der Waals surface area contributed by atoms with Crippen LogP contribution < -0.4 is 10.9 Å². The molecule has 0 radical (unpaired) electrons. The molecule has 0 bridgehead atoms. The zero-order valence-electron chi connectivity index (χ0n) is 14.8. The van der Waals surface area contributed by atoms with Crippen molar-refractivity contribution in [1.82, 2.24) is 4.57 Å². The average molecular weight is 339 g/mol. The van der Waals surface area contributed by atoms with E-state index in [2.05, 4.69) is 5.32 Å². The maximum atomic E-state index is 12.9. The van der Waals surface area contributed by atoms with Crippen molar-refractivity contribution >= 4 is 11.9 Å². The van der Waals surface area contributed by atoms with Crippen molar-refractivity contribution < 1.29 is 4.74 Å². The molecule has 25 heavy (non-hydrogen) atoms. The summed E-state index contributed by atoms with van der Waals surface area (Å²) in [5.41, 5.74) is 4.23. The van der Waals surface area contributed by atoms with Crippen LogP contribution in [-0.2, 0) is 11.3 Å². The first-order valence-electron chi connectivity index (χ1n) is 8.73. The summed E-state index contributed by atoms with van der Waals surface area (Å²) in [5.74, 6) is 0. The molecule has 2 heterocycles. The largest absolute Gasteiger partial charge is 0.381 e. The van der Waals surface area contributed by atoms with Crippen LogP contribution in [0.25, 0.3) is 0 Å². The third-order valence-corrected chi connectivity index (χ3v) is 4.73. The number of hydrogen-bond acceptors (Lipinski definition) is 4. The molecule has 1 aromatic heterocycles. The van der Waals surface area contributed by atoms with E-state index in [1.807, 2.05) is 44.2 Å². The number of ether oxygens (including phenoxy) is 1. The first-order valence-corrected chi connectivity index (χ1v) is 8.73. The molecular weight excluding hydrogens is 314 g/mol. The van der Waals surface area contributed by atoms with Crippen molar-refractivity contribution in [2.75, 3.05) is 18.5 Å². The van der Waals surface area contributed by atoms with Gasteiger partial charge in [0.15, 0.2) is 0 Å². The second-order valence-electron chi connectivity index (χ2n) is 6.67. The van der Waals surface area contributed by atoms with E-state index < -0.39 is 0 Å². The molecule has 1 fully saturated rings. The van der Waals surface area contributed by atoms with Gasteiger partial charge in [-0.1, -0.05) is 29.8 Å². The van der Waals surface area contributed by atoms with Crippen LogP contribution in [0.3, 0.4) is 0 Å². The third-order valence-electron chi connectivity index (χ3n) is 4.73. The molecule has 0 saturated carbocycles. The zero-order valence-corrected chi connectivity index (χ0v) is 14.8.